The summed E-state index contributed by atoms with van der Waals surface area (Å²) in [7, 11) is 0. The summed E-state index contributed by atoms with van der Waals surface area (Å²) in [6.07, 6.45) is 0. The van der Waals surface area contributed by atoms with Crippen LogP contribution in [-0.2, 0) is 0 Å². The number of nitriles is 1. The quantitative estimate of drug-likeness (QED) is 0.319. The van der Waals surface area contributed by atoms with Gasteiger partial charge in [-0.3, -0.25) is 0 Å². The Morgan fingerprint density at radius 1 is 0.679 bits per heavy atom. The number of benzene rings is 4. The van der Waals surface area contributed by atoms with Crippen molar-refractivity contribution in [3.63, 3.8) is 0 Å². The molecule has 28 heavy (non-hydrogen) atoms. The molecule has 0 bridgehead atoms. The average Bonchev–Trinajstić information content (AvgIpc) is 3.11. The van der Waals surface area contributed by atoms with Crippen LogP contribution in [0.25, 0.3) is 44.2 Å². The fraction of sp³-hybridized carbons (Fsp3) is 0. The lowest BCUT2D eigenvalue weighted by molar-refractivity contribution is 0.669. The summed E-state index contributed by atoms with van der Waals surface area (Å²) >= 11 is 6.44. The van der Waals surface area contributed by atoms with Crippen LogP contribution in [0.15, 0.2) is 89.3 Å². The molecule has 0 N–H and O–H groups in total. The lowest BCUT2D eigenvalue weighted by atomic mass is 9.92. The maximum absolute atomic E-state index is 9.95. The van der Waals surface area contributed by atoms with Crippen LogP contribution in [-0.4, -0.2) is 0 Å². The molecule has 0 aliphatic heterocycles. The Morgan fingerprint density at radius 3 is 2.14 bits per heavy atom. The summed E-state index contributed by atoms with van der Waals surface area (Å²) < 4.78 is 5.93. The molecule has 1 aromatic heterocycles. The average molecular weight is 380 g/mol. The molecule has 132 valence electrons. The summed E-state index contributed by atoms with van der Waals surface area (Å²) in [5.74, 6) is 0. The van der Waals surface area contributed by atoms with Gasteiger partial charge in [-0.1, -0.05) is 66.2 Å². The van der Waals surface area contributed by atoms with E-state index >= 15 is 0 Å². The maximum Gasteiger partial charge on any atom is 0.135 e. The highest BCUT2D eigenvalue weighted by Crippen LogP contribution is 2.38. The van der Waals surface area contributed by atoms with E-state index in [1.165, 1.54) is 0 Å². The molecule has 4 aromatic carbocycles. The van der Waals surface area contributed by atoms with Crippen LogP contribution in [0.4, 0.5) is 0 Å². The van der Waals surface area contributed by atoms with Crippen LogP contribution in [0.2, 0.25) is 5.02 Å². The van der Waals surface area contributed by atoms with Crippen molar-refractivity contribution < 1.29 is 4.42 Å². The van der Waals surface area contributed by atoms with Crippen LogP contribution < -0.4 is 0 Å². The first-order valence-corrected chi connectivity index (χ1v) is 9.33. The minimum absolute atomic E-state index is 0.602. The van der Waals surface area contributed by atoms with Crippen LogP contribution in [0.1, 0.15) is 5.56 Å². The summed E-state index contributed by atoms with van der Waals surface area (Å²) in [5, 5.41) is 12.6. The number of para-hydroxylation sites is 1. The molecule has 2 nitrogen and oxygen atoms in total. The van der Waals surface area contributed by atoms with Gasteiger partial charge in [-0.2, -0.15) is 5.26 Å². The third-order valence-electron chi connectivity index (χ3n) is 4.99. The molecule has 0 atom stereocenters. The second kappa shape index (κ2) is 6.56. The molecule has 5 aromatic rings. The Bertz CT molecular complexity index is 1380. The second-order valence-electron chi connectivity index (χ2n) is 6.66. The van der Waals surface area contributed by atoms with Crippen LogP contribution in [0.5, 0.6) is 0 Å². The number of hydrogen-bond donors (Lipinski definition) is 0. The molecule has 0 saturated carbocycles. The normalized spacial score (nSPS) is 11.0. The lowest BCUT2D eigenvalue weighted by Crippen LogP contribution is -1.90. The summed E-state index contributed by atoms with van der Waals surface area (Å²) in [6.45, 7) is 0. The minimum Gasteiger partial charge on any atom is -0.456 e. The van der Waals surface area contributed by atoms with Crippen LogP contribution >= 0.6 is 11.6 Å². The smallest absolute Gasteiger partial charge is 0.135 e. The summed E-state index contributed by atoms with van der Waals surface area (Å²) in [4.78, 5) is 0. The predicted molar refractivity (Wildman–Crippen MR) is 114 cm³/mol. The summed E-state index contributed by atoms with van der Waals surface area (Å²) in [5.41, 5.74) is 5.86. The predicted octanol–water partition coefficient (Wildman–Crippen LogP) is 7.45. The molecule has 0 radical (unpaired) electrons. The molecule has 0 amide bonds. The first kappa shape index (κ1) is 16.6. The van der Waals surface area contributed by atoms with Gasteiger partial charge in [-0.05, 0) is 41.5 Å². The first-order valence-electron chi connectivity index (χ1n) is 8.95. The largest absolute Gasteiger partial charge is 0.456 e. The van der Waals surface area contributed by atoms with Gasteiger partial charge in [0.25, 0.3) is 0 Å². The van der Waals surface area contributed by atoms with E-state index in [1.807, 2.05) is 78.9 Å². The topological polar surface area (TPSA) is 36.9 Å². The van der Waals surface area contributed by atoms with Gasteiger partial charge in [0.2, 0.25) is 0 Å². The van der Waals surface area contributed by atoms with Gasteiger partial charge in [0.1, 0.15) is 17.2 Å². The molecule has 0 spiro atoms. The van der Waals surface area contributed by atoms with E-state index in [0.29, 0.717) is 10.6 Å². The monoisotopic (exact) mass is 379 g/mol. The highest BCUT2D eigenvalue weighted by Gasteiger charge is 2.15. The van der Waals surface area contributed by atoms with Crippen molar-refractivity contribution in [3.8, 4) is 28.3 Å². The Morgan fingerprint density at radius 2 is 1.36 bits per heavy atom. The van der Waals surface area contributed by atoms with Gasteiger partial charge < -0.3 is 4.42 Å². The third-order valence-corrected chi connectivity index (χ3v) is 5.21. The number of furan rings is 1. The Kier molecular flexibility index (Phi) is 3.90. The van der Waals surface area contributed by atoms with Crippen molar-refractivity contribution in [2.45, 2.75) is 0 Å². The SMILES string of the molecule is N#Cc1c(-c2ccccc2)cc(Cl)cc1-c1ccc2oc3ccccc3c2c1. The molecule has 3 heteroatoms. The molecule has 0 aliphatic rings. The maximum atomic E-state index is 9.95. The first-order chi connectivity index (χ1) is 13.7. The van der Waals surface area contributed by atoms with Gasteiger partial charge in [0.05, 0.1) is 5.56 Å². The standard InChI is InChI=1S/C25H14ClNO/c26-18-13-20(16-6-2-1-3-7-16)23(15-27)21(14-18)17-10-11-25-22(12-17)19-8-4-5-9-24(19)28-25/h1-14H. The minimum atomic E-state index is 0.602. The third kappa shape index (κ3) is 2.65. The highest BCUT2D eigenvalue weighted by molar-refractivity contribution is 6.31. The molecular formula is C25H14ClNO. The van der Waals surface area contributed by atoms with Crippen LogP contribution in [0, 0.1) is 11.3 Å². The van der Waals surface area contributed by atoms with E-state index in [-0.39, 0.29) is 0 Å². The van der Waals surface area contributed by atoms with Crippen molar-refractivity contribution in [2.24, 2.45) is 0 Å². The Hall–Kier alpha value is -3.54. The van der Waals surface area contributed by atoms with E-state index in [2.05, 4.69) is 12.1 Å². The van der Waals surface area contributed by atoms with E-state index in [9.17, 15) is 5.26 Å². The van der Waals surface area contributed by atoms with Crippen molar-refractivity contribution in [1.82, 2.24) is 0 Å². The molecule has 0 fully saturated rings. The molecule has 0 aliphatic carbocycles. The molecule has 0 unspecified atom stereocenters. The molecule has 5 rings (SSSR count). The van der Waals surface area contributed by atoms with Gasteiger partial charge in [-0.25, -0.2) is 0 Å². The van der Waals surface area contributed by atoms with E-state index in [0.717, 1.165) is 44.2 Å². The Labute approximate surface area is 167 Å². The van der Waals surface area contributed by atoms with Gasteiger partial charge >= 0.3 is 0 Å². The van der Waals surface area contributed by atoms with Crippen molar-refractivity contribution in [1.29, 1.82) is 5.26 Å². The number of hydrogen-bond acceptors (Lipinski definition) is 2. The Balaban J connectivity index is 1.78. The number of fused-ring (bicyclic) bond motifs is 3. The number of rotatable bonds is 2. The lowest BCUT2D eigenvalue weighted by Gasteiger charge is -2.11. The van der Waals surface area contributed by atoms with E-state index in [1.54, 1.807) is 0 Å². The van der Waals surface area contributed by atoms with Gasteiger partial charge in [-0.15, -0.1) is 0 Å². The van der Waals surface area contributed by atoms with Gasteiger partial charge in [0, 0.05) is 26.9 Å². The fourth-order valence-corrected chi connectivity index (χ4v) is 3.91. The van der Waals surface area contributed by atoms with Crippen molar-refractivity contribution >= 4 is 33.5 Å². The molecule has 0 saturated heterocycles. The van der Waals surface area contributed by atoms with Crippen molar-refractivity contribution in [2.75, 3.05) is 0 Å². The number of halogens is 1. The zero-order chi connectivity index (χ0) is 19.1. The van der Waals surface area contributed by atoms with Gasteiger partial charge in [0.15, 0.2) is 0 Å². The number of nitrogens with zero attached hydrogens (tertiary/aromatic N) is 1. The summed E-state index contributed by atoms with van der Waals surface area (Å²) in [6, 6.07) is 29.9. The zero-order valence-electron chi connectivity index (χ0n) is 14.8. The molecule has 1 heterocycles. The zero-order valence-corrected chi connectivity index (χ0v) is 15.6. The van der Waals surface area contributed by atoms with E-state index < -0.39 is 0 Å². The van der Waals surface area contributed by atoms with Crippen molar-refractivity contribution in [3.05, 3.63) is 95.5 Å². The van der Waals surface area contributed by atoms with E-state index in [4.69, 9.17) is 16.0 Å². The fourth-order valence-electron chi connectivity index (χ4n) is 3.69. The molecular weight excluding hydrogens is 366 g/mol. The van der Waals surface area contributed by atoms with Crippen LogP contribution in [0.3, 0.4) is 0 Å². The second-order valence-corrected chi connectivity index (χ2v) is 7.10. The highest BCUT2D eigenvalue weighted by atomic mass is 35.5.